The molecule has 3 rings (SSSR count). The molecular formula is C16H22N4O2. The van der Waals surface area contributed by atoms with E-state index in [4.69, 9.17) is 4.52 Å². The van der Waals surface area contributed by atoms with Gasteiger partial charge in [-0.3, -0.25) is 4.79 Å². The third-order valence-electron chi connectivity index (χ3n) is 4.33. The predicted octanol–water partition coefficient (Wildman–Crippen LogP) is 2.56. The van der Waals surface area contributed by atoms with E-state index >= 15 is 0 Å². The van der Waals surface area contributed by atoms with Gasteiger partial charge in [0.2, 0.25) is 0 Å². The van der Waals surface area contributed by atoms with Crippen LogP contribution in [0.4, 0.5) is 0 Å². The highest BCUT2D eigenvalue weighted by molar-refractivity contribution is 5.96. The number of nitrogens with zero attached hydrogens (tertiary/aromatic N) is 4. The summed E-state index contributed by atoms with van der Waals surface area (Å²) < 4.78 is 7.24. The number of hydrogen-bond acceptors (Lipinski definition) is 4. The maximum atomic E-state index is 13.0. The largest absolute Gasteiger partial charge is 0.361 e. The fraction of sp³-hybridized carbons (Fsp3) is 0.562. The molecule has 2 aromatic heterocycles. The Kier molecular flexibility index (Phi) is 3.76. The third-order valence-corrected chi connectivity index (χ3v) is 4.33. The van der Waals surface area contributed by atoms with E-state index in [1.165, 1.54) is 0 Å². The van der Waals surface area contributed by atoms with Crippen LogP contribution in [0.2, 0.25) is 0 Å². The Bertz CT molecular complexity index is 701. The molecule has 1 saturated heterocycles. The first kappa shape index (κ1) is 14.8. The summed E-state index contributed by atoms with van der Waals surface area (Å²) in [5, 5.41) is 4.00. The maximum absolute atomic E-state index is 13.0. The molecule has 6 heteroatoms. The van der Waals surface area contributed by atoms with Crippen molar-refractivity contribution in [2.45, 2.75) is 46.1 Å². The van der Waals surface area contributed by atoms with Gasteiger partial charge >= 0.3 is 0 Å². The molecule has 0 bridgehead atoms. The highest BCUT2D eigenvalue weighted by Crippen LogP contribution is 2.33. The number of carbonyl (C=O) groups excluding carboxylic acids is 1. The number of rotatable bonds is 3. The van der Waals surface area contributed by atoms with Crippen LogP contribution in [-0.4, -0.2) is 32.1 Å². The lowest BCUT2D eigenvalue weighted by molar-refractivity contribution is 0.0725. The molecule has 0 saturated carbocycles. The number of amides is 1. The Balaban J connectivity index is 1.94. The molecule has 2 aromatic rings. The van der Waals surface area contributed by atoms with E-state index < -0.39 is 0 Å². The molecule has 1 atom stereocenters. The standard InChI is InChI=1S/C16H22N4O2/c1-5-12-14(11(3)22-18-12)16(21)20-8-6-7-13(20)15-17-10(2)9-19(15)4/h9,13H,5-8H2,1-4H3/t13-/m1/s1. The lowest BCUT2D eigenvalue weighted by atomic mass is 10.1. The quantitative estimate of drug-likeness (QED) is 0.874. The maximum Gasteiger partial charge on any atom is 0.260 e. The number of carbonyl (C=O) groups is 1. The topological polar surface area (TPSA) is 64.2 Å². The summed E-state index contributed by atoms with van der Waals surface area (Å²) in [7, 11) is 1.98. The van der Waals surface area contributed by atoms with Crippen LogP contribution in [0.1, 0.15) is 59.1 Å². The third kappa shape index (κ3) is 2.32. The van der Waals surface area contributed by atoms with Crippen molar-refractivity contribution in [3.05, 3.63) is 34.7 Å². The number of aryl methyl sites for hydroxylation is 4. The van der Waals surface area contributed by atoms with E-state index in [1.807, 2.05) is 36.6 Å². The van der Waals surface area contributed by atoms with Crippen molar-refractivity contribution in [2.24, 2.45) is 7.05 Å². The van der Waals surface area contributed by atoms with Gasteiger partial charge in [-0.05, 0) is 33.1 Å². The second-order valence-corrected chi connectivity index (χ2v) is 5.92. The molecular weight excluding hydrogens is 280 g/mol. The average molecular weight is 302 g/mol. The molecule has 0 N–H and O–H groups in total. The molecule has 0 aliphatic carbocycles. The first-order chi connectivity index (χ1) is 10.5. The van der Waals surface area contributed by atoms with Crippen LogP contribution >= 0.6 is 0 Å². The highest BCUT2D eigenvalue weighted by Gasteiger charge is 2.35. The van der Waals surface area contributed by atoms with Gasteiger partial charge in [-0.1, -0.05) is 12.1 Å². The Morgan fingerprint density at radius 1 is 1.45 bits per heavy atom. The van der Waals surface area contributed by atoms with E-state index in [0.29, 0.717) is 17.7 Å². The smallest absolute Gasteiger partial charge is 0.260 e. The average Bonchev–Trinajstić information content (AvgIpc) is 3.16. The van der Waals surface area contributed by atoms with Crippen molar-refractivity contribution in [3.63, 3.8) is 0 Å². The van der Waals surface area contributed by atoms with Crippen molar-refractivity contribution in [1.29, 1.82) is 0 Å². The molecule has 0 spiro atoms. The molecule has 6 nitrogen and oxygen atoms in total. The molecule has 3 heterocycles. The molecule has 0 aromatic carbocycles. The van der Waals surface area contributed by atoms with Gasteiger partial charge in [0.15, 0.2) is 0 Å². The van der Waals surface area contributed by atoms with E-state index in [2.05, 4.69) is 10.1 Å². The van der Waals surface area contributed by atoms with Gasteiger partial charge in [-0.25, -0.2) is 4.98 Å². The first-order valence-corrected chi connectivity index (χ1v) is 7.78. The molecule has 0 radical (unpaired) electrons. The molecule has 22 heavy (non-hydrogen) atoms. The van der Waals surface area contributed by atoms with Crippen LogP contribution in [0.5, 0.6) is 0 Å². The van der Waals surface area contributed by atoms with Crippen molar-refractivity contribution in [1.82, 2.24) is 19.6 Å². The van der Waals surface area contributed by atoms with Gasteiger partial charge in [0.05, 0.1) is 17.4 Å². The van der Waals surface area contributed by atoms with Gasteiger partial charge in [-0.2, -0.15) is 0 Å². The lowest BCUT2D eigenvalue weighted by Crippen LogP contribution is -2.32. The molecule has 0 unspecified atom stereocenters. The minimum atomic E-state index is 0.0127. The van der Waals surface area contributed by atoms with E-state index in [0.717, 1.165) is 36.6 Å². The fourth-order valence-corrected chi connectivity index (χ4v) is 3.30. The summed E-state index contributed by atoms with van der Waals surface area (Å²) in [5.41, 5.74) is 2.34. The molecule has 1 amide bonds. The van der Waals surface area contributed by atoms with Crippen LogP contribution in [0, 0.1) is 13.8 Å². The van der Waals surface area contributed by atoms with E-state index in [9.17, 15) is 4.79 Å². The number of likely N-dealkylation sites (tertiary alicyclic amines) is 1. The highest BCUT2D eigenvalue weighted by atomic mass is 16.5. The van der Waals surface area contributed by atoms with Gasteiger partial charge in [0, 0.05) is 19.8 Å². The van der Waals surface area contributed by atoms with Crippen molar-refractivity contribution in [2.75, 3.05) is 6.54 Å². The Morgan fingerprint density at radius 3 is 2.86 bits per heavy atom. The number of imidazole rings is 1. The normalized spacial score (nSPS) is 18.2. The SMILES string of the molecule is CCc1noc(C)c1C(=O)N1CCC[C@@H]1c1nc(C)cn1C. The van der Waals surface area contributed by atoms with Crippen LogP contribution in [0.3, 0.4) is 0 Å². The van der Waals surface area contributed by atoms with E-state index in [1.54, 1.807) is 6.92 Å². The summed E-state index contributed by atoms with van der Waals surface area (Å²) >= 11 is 0. The van der Waals surface area contributed by atoms with Gasteiger partial charge in [0.1, 0.15) is 17.1 Å². The van der Waals surface area contributed by atoms with Gasteiger partial charge in [0.25, 0.3) is 5.91 Å². The van der Waals surface area contributed by atoms with Crippen molar-refractivity contribution >= 4 is 5.91 Å². The summed E-state index contributed by atoms with van der Waals surface area (Å²) in [5.74, 6) is 1.57. The summed E-state index contributed by atoms with van der Waals surface area (Å²) in [4.78, 5) is 19.5. The molecule has 1 fully saturated rings. The molecule has 118 valence electrons. The molecule has 1 aliphatic heterocycles. The Labute approximate surface area is 130 Å². The first-order valence-electron chi connectivity index (χ1n) is 7.78. The number of aromatic nitrogens is 3. The van der Waals surface area contributed by atoms with Crippen molar-refractivity contribution in [3.8, 4) is 0 Å². The zero-order chi connectivity index (χ0) is 15.9. The predicted molar refractivity (Wildman–Crippen MR) is 81.6 cm³/mol. The lowest BCUT2D eigenvalue weighted by Gasteiger charge is -2.24. The van der Waals surface area contributed by atoms with Crippen LogP contribution in [-0.2, 0) is 13.5 Å². The summed E-state index contributed by atoms with van der Waals surface area (Å²) in [6, 6.07) is 0.0326. The monoisotopic (exact) mass is 302 g/mol. The second-order valence-electron chi connectivity index (χ2n) is 5.92. The Morgan fingerprint density at radius 2 is 2.23 bits per heavy atom. The van der Waals surface area contributed by atoms with Crippen molar-refractivity contribution < 1.29 is 9.32 Å². The van der Waals surface area contributed by atoms with Gasteiger partial charge < -0.3 is 14.0 Å². The second kappa shape index (κ2) is 5.59. The summed E-state index contributed by atoms with van der Waals surface area (Å²) in [6.45, 7) is 6.51. The minimum absolute atomic E-state index is 0.0127. The van der Waals surface area contributed by atoms with Crippen LogP contribution in [0.15, 0.2) is 10.7 Å². The fourth-order valence-electron chi connectivity index (χ4n) is 3.30. The molecule has 1 aliphatic rings. The zero-order valence-electron chi connectivity index (χ0n) is 13.6. The zero-order valence-corrected chi connectivity index (χ0v) is 13.6. The van der Waals surface area contributed by atoms with Crippen LogP contribution < -0.4 is 0 Å². The van der Waals surface area contributed by atoms with E-state index in [-0.39, 0.29) is 11.9 Å². The number of hydrogen-bond donors (Lipinski definition) is 0. The van der Waals surface area contributed by atoms with Crippen LogP contribution in [0.25, 0.3) is 0 Å². The Hall–Kier alpha value is -2.11. The van der Waals surface area contributed by atoms with Gasteiger partial charge in [-0.15, -0.1) is 0 Å². The summed E-state index contributed by atoms with van der Waals surface area (Å²) in [6.07, 6.45) is 4.63. The minimum Gasteiger partial charge on any atom is -0.361 e.